The van der Waals surface area contributed by atoms with Gasteiger partial charge in [-0.1, -0.05) is 29.8 Å². The van der Waals surface area contributed by atoms with E-state index in [1.54, 1.807) is 32.0 Å². The van der Waals surface area contributed by atoms with Crippen molar-refractivity contribution in [1.29, 1.82) is 0 Å². The van der Waals surface area contributed by atoms with Gasteiger partial charge in [-0.15, -0.1) is 0 Å². The van der Waals surface area contributed by atoms with Gasteiger partial charge in [0.05, 0.1) is 24.6 Å². The number of H-pyrrole nitrogens is 1. The minimum absolute atomic E-state index is 0.0429. The maximum absolute atomic E-state index is 14.0. The smallest absolute Gasteiger partial charge is 0.252 e. The number of halogens is 1. The number of sulfonamides is 1. The Labute approximate surface area is 215 Å². The molecule has 0 radical (unpaired) electrons. The van der Waals surface area contributed by atoms with Gasteiger partial charge >= 0.3 is 0 Å². The number of nitrogens with one attached hydrogen (secondary N) is 1. The number of fused-ring (bicyclic) bond motifs is 1. The van der Waals surface area contributed by atoms with Crippen LogP contribution in [0.3, 0.4) is 0 Å². The molecular formula is C28H29FN2O5S. The zero-order valence-corrected chi connectivity index (χ0v) is 22.2. The number of hydrogen-bond acceptors (Lipinski definition) is 5. The van der Waals surface area contributed by atoms with E-state index in [0.29, 0.717) is 39.1 Å². The third kappa shape index (κ3) is 5.38. The fourth-order valence-electron chi connectivity index (χ4n) is 4.61. The van der Waals surface area contributed by atoms with Crippen LogP contribution in [0.1, 0.15) is 27.8 Å². The Morgan fingerprint density at radius 2 is 1.46 bits per heavy atom. The van der Waals surface area contributed by atoms with E-state index in [4.69, 9.17) is 9.47 Å². The lowest BCUT2D eigenvalue weighted by atomic mass is 10.1. The summed E-state index contributed by atoms with van der Waals surface area (Å²) in [6.45, 7) is 5.19. The van der Waals surface area contributed by atoms with Crippen molar-refractivity contribution >= 4 is 20.9 Å². The Hall–Kier alpha value is -3.69. The van der Waals surface area contributed by atoms with E-state index in [1.165, 1.54) is 42.8 Å². The molecular weight excluding hydrogens is 495 g/mol. The Bertz CT molecular complexity index is 1610. The van der Waals surface area contributed by atoms with Crippen LogP contribution in [-0.2, 0) is 23.1 Å². The van der Waals surface area contributed by atoms with Crippen molar-refractivity contribution in [3.63, 3.8) is 0 Å². The van der Waals surface area contributed by atoms with Crippen LogP contribution in [0.15, 0.2) is 64.3 Å². The van der Waals surface area contributed by atoms with Crippen LogP contribution < -0.4 is 15.0 Å². The molecule has 0 aliphatic rings. The highest BCUT2D eigenvalue weighted by Gasteiger charge is 2.29. The van der Waals surface area contributed by atoms with Crippen LogP contribution in [0.5, 0.6) is 11.5 Å². The number of pyridine rings is 1. The summed E-state index contributed by atoms with van der Waals surface area (Å²) in [6.07, 6.45) is 0. The van der Waals surface area contributed by atoms with E-state index in [2.05, 4.69) is 4.98 Å². The third-order valence-corrected chi connectivity index (χ3v) is 8.34. The molecule has 4 rings (SSSR count). The van der Waals surface area contributed by atoms with Gasteiger partial charge in [0.15, 0.2) is 11.5 Å². The zero-order chi connectivity index (χ0) is 26.9. The van der Waals surface area contributed by atoms with Crippen molar-refractivity contribution in [3.05, 3.63) is 98.6 Å². The summed E-state index contributed by atoms with van der Waals surface area (Å²) in [5.74, 6) is 0.526. The number of rotatable bonds is 8. The Balaban J connectivity index is 1.84. The van der Waals surface area contributed by atoms with E-state index in [0.717, 1.165) is 5.56 Å². The van der Waals surface area contributed by atoms with Crippen LogP contribution in [0, 0.1) is 26.6 Å². The van der Waals surface area contributed by atoms with Crippen molar-refractivity contribution in [2.45, 2.75) is 38.8 Å². The summed E-state index contributed by atoms with van der Waals surface area (Å²) in [5, 5.41) is 0.661. The largest absolute Gasteiger partial charge is 0.493 e. The molecule has 0 aliphatic carbocycles. The summed E-state index contributed by atoms with van der Waals surface area (Å²) < 4.78 is 53.5. The normalized spacial score (nSPS) is 11.8. The van der Waals surface area contributed by atoms with Crippen LogP contribution in [0.4, 0.5) is 4.39 Å². The van der Waals surface area contributed by atoms with E-state index in [9.17, 15) is 17.6 Å². The Morgan fingerprint density at radius 3 is 2.05 bits per heavy atom. The number of methoxy groups -OCH3 is 2. The van der Waals surface area contributed by atoms with Gasteiger partial charge in [0.1, 0.15) is 5.82 Å². The standard InChI is InChI=1S/C28H29FN2O5S/c1-17-10-18(2)27(19(3)11-17)37(33,34)31(15-20-6-8-23(29)9-7-20)16-22-12-21-13-25(35-4)26(36-5)14-24(21)30-28(22)32/h6-14H,15-16H2,1-5H3,(H,30,32). The summed E-state index contributed by atoms with van der Waals surface area (Å²) >= 11 is 0. The molecule has 4 aromatic rings. The molecule has 0 fully saturated rings. The minimum Gasteiger partial charge on any atom is -0.493 e. The summed E-state index contributed by atoms with van der Waals surface area (Å²) in [4.78, 5) is 16.1. The zero-order valence-electron chi connectivity index (χ0n) is 21.4. The molecule has 1 heterocycles. The second kappa shape index (κ2) is 10.4. The highest BCUT2D eigenvalue weighted by Crippen LogP contribution is 2.32. The fourth-order valence-corrected chi connectivity index (χ4v) is 6.43. The molecule has 0 aliphatic heterocycles. The summed E-state index contributed by atoms with van der Waals surface area (Å²) in [7, 11) is -1.02. The highest BCUT2D eigenvalue weighted by molar-refractivity contribution is 7.89. The number of aryl methyl sites for hydroxylation is 3. The van der Waals surface area contributed by atoms with Crippen LogP contribution in [0.2, 0.25) is 0 Å². The molecule has 1 N–H and O–H groups in total. The number of nitrogens with zero attached hydrogens (tertiary/aromatic N) is 1. The molecule has 0 unspecified atom stereocenters. The first-order valence-electron chi connectivity index (χ1n) is 11.6. The highest BCUT2D eigenvalue weighted by atomic mass is 32.2. The average Bonchev–Trinajstić information content (AvgIpc) is 2.83. The van der Waals surface area contributed by atoms with Crippen molar-refractivity contribution in [1.82, 2.24) is 9.29 Å². The van der Waals surface area contributed by atoms with Gasteiger partial charge in [-0.2, -0.15) is 4.31 Å². The first-order valence-corrected chi connectivity index (χ1v) is 13.1. The predicted octanol–water partition coefficient (Wildman–Crippen LogP) is 5.00. The summed E-state index contributed by atoms with van der Waals surface area (Å²) in [5.41, 5.74) is 3.15. The van der Waals surface area contributed by atoms with Gasteiger partial charge in [0, 0.05) is 30.1 Å². The number of aromatic nitrogens is 1. The molecule has 0 atom stereocenters. The van der Waals surface area contributed by atoms with Crippen LogP contribution >= 0.6 is 0 Å². The number of ether oxygens (including phenoxy) is 2. The molecule has 0 saturated carbocycles. The van der Waals surface area contributed by atoms with E-state index < -0.39 is 21.4 Å². The molecule has 0 spiro atoms. The maximum atomic E-state index is 14.0. The SMILES string of the molecule is COc1cc2cc(CN(Cc3ccc(F)cc3)S(=O)(=O)c3c(C)cc(C)cc3C)c(=O)[nH]c2cc1OC. The number of aromatic amines is 1. The molecule has 0 bridgehead atoms. The Morgan fingerprint density at radius 1 is 0.865 bits per heavy atom. The van der Waals surface area contributed by atoms with Gasteiger partial charge in [-0.25, -0.2) is 12.8 Å². The lowest BCUT2D eigenvalue weighted by Crippen LogP contribution is -2.33. The van der Waals surface area contributed by atoms with Gasteiger partial charge in [-0.05, 0) is 61.7 Å². The summed E-state index contributed by atoms with van der Waals surface area (Å²) in [6, 6.07) is 14.3. The van der Waals surface area contributed by atoms with E-state index >= 15 is 0 Å². The first kappa shape index (κ1) is 26.4. The average molecular weight is 525 g/mol. The lowest BCUT2D eigenvalue weighted by molar-refractivity contribution is 0.355. The van der Waals surface area contributed by atoms with Crippen molar-refractivity contribution in [3.8, 4) is 11.5 Å². The number of benzene rings is 3. The third-order valence-electron chi connectivity index (χ3n) is 6.25. The Kier molecular flexibility index (Phi) is 7.38. The van der Waals surface area contributed by atoms with Crippen molar-refractivity contribution < 1.29 is 22.3 Å². The first-order chi connectivity index (χ1) is 17.5. The molecule has 9 heteroatoms. The number of hydrogen-bond donors (Lipinski definition) is 1. The van der Waals surface area contributed by atoms with Crippen LogP contribution in [0.25, 0.3) is 10.9 Å². The quantitative estimate of drug-likeness (QED) is 0.350. The molecule has 0 saturated heterocycles. The monoisotopic (exact) mass is 524 g/mol. The molecule has 7 nitrogen and oxygen atoms in total. The lowest BCUT2D eigenvalue weighted by Gasteiger charge is -2.25. The maximum Gasteiger partial charge on any atom is 0.252 e. The van der Waals surface area contributed by atoms with E-state index in [1.807, 2.05) is 19.1 Å². The molecule has 37 heavy (non-hydrogen) atoms. The van der Waals surface area contributed by atoms with Gasteiger partial charge in [0.2, 0.25) is 10.0 Å². The van der Waals surface area contributed by atoms with E-state index in [-0.39, 0.29) is 23.5 Å². The van der Waals surface area contributed by atoms with Gasteiger partial charge in [-0.3, -0.25) is 4.79 Å². The molecule has 1 aromatic heterocycles. The second-order valence-electron chi connectivity index (χ2n) is 9.05. The molecule has 3 aromatic carbocycles. The fraction of sp³-hybridized carbons (Fsp3) is 0.250. The van der Waals surface area contributed by atoms with Crippen molar-refractivity contribution in [2.24, 2.45) is 0 Å². The van der Waals surface area contributed by atoms with Crippen LogP contribution in [-0.4, -0.2) is 31.9 Å². The molecule has 194 valence electrons. The van der Waals surface area contributed by atoms with Gasteiger partial charge < -0.3 is 14.5 Å². The predicted molar refractivity (Wildman–Crippen MR) is 141 cm³/mol. The van der Waals surface area contributed by atoms with Gasteiger partial charge in [0.25, 0.3) is 5.56 Å². The van der Waals surface area contributed by atoms with Crippen molar-refractivity contribution in [2.75, 3.05) is 14.2 Å². The molecule has 0 amide bonds. The topological polar surface area (TPSA) is 88.7 Å². The minimum atomic E-state index is -4.04. The second-order valence-corrected chi connectivity index (χ2v) is 10.9.